The minimum Gasteiger partial charge on any atom is -0.495 e. The molecule has 2 aliphatic heterocycles. The average Bonchev–Trinajstić information content (AvgIpc) is 3.01. The Bertz CT molecular complexity index is 1400. The van der Waals surface area contributed by atoms with Gasteiger partial charge >= 0.3 is 6.18 Å². The van der Waals surface area contributed by atoms with Gasteiger partial charge in [0.2, 0.25) is 0 Å². The van der Waals surface area contributed by atoms with Crippen LogP contribution in [0, 0.1) is 0 Å². The van der Waals surface area contributed by atoms with Gasteiger partial charge in [-0.25, -0.2) is 0 Å². The number of hydrogen-bond acceptors (Lipinski definition) is 5. The van der Waals surface area contributed by atoms with Gasteiger partial charge in [0.1, 0.15) is 5.75 Å². The number of piperazine rings is 1. The van der Waals surface area contributed by atoms with E-state index >= 15 is 0 Å². The quantitative estimate of drug-likeness (QED) is 0.402. The lowest BCUT2D eigenvalue weighted by atomic mass is 10.0. The number of nitrogens with zero attached hydrogens (tertiary/aromatic N) is 3. The van der Waals surface area contributed by atoms with Crippen LogP contribution in [-0.4, -0.2) is 63.1 Å². The molecule has 2 fully saturated rings. The summed E-state index contributed by atoms with van der Waals surface area (Å²) in [6.07, 6.45) is -1.61. The number of piperidine rings is 1. The van der Waals surface area contributed by atoms with E-state index in [4.69, 9.17) is 4.74 Å². The number of anilines is 3. The fraction of sp³-hybridized carbons (Fsp3) is 0.355. The highest BCUT2D eigenvalue weighted by Gasteiger charge is 2.31. The van der Waals surface area contributed by atoms with E-state index in [1.165, 1.54) is 12.1 Å². The Morgan fingerprint density at radius 2 is 1.46 bits per heavy atom. The smallest absolute Gasteiger partial charge is 0.416 e. The molecule has 2 amide bonds. The molecule has 5 rings (SSSR count). The SMILES string of the molecule is COc1ccccc1N1CCN(c2ccc(NC(=O)c3cccc(C(F)(F)F)c3)cc2C(=O)N2CCCCC2)CC1. The number of benzene rings is 3. The lowest BCUT2D eigenvalue weighted by molar-refractivity contribution is -0.137. The summed E-state index contributed by atoms with van der Waals surface area (Å²) in [6.45, 7) is 4.14. The topological polar surface area (TPSA) is 65.1 Å². The van der Waals surface area contributed by atoms with E-state index in [0.717, 1.165) is 61.6 Å². The maximum Gasteiger partial charge on any atom is 0.416 e. The molecule has 216 valence electrons. The standard InChI is InChI=1S/C31H33F3N4O3/c1-41-28-11-4-3-10-27(28)37-18-16-36(17-19-37)26-13-12-24(21-25(26)30(40)38-14-5-2-6-15-38)35-29(39)22-8-7-9-23(20-22)31(32,33)34/h3-4,7-13,20-21H,2,5-6,14-19H2,1H3,(H,35,39). The van der Waals surface area contributed by atoms with E-state index in [1.54, 1.807) is 19.2 Å². The van der Waals surface area contributed by atoms with Gasteiger partial charge in [-0.1, -0.05) is 18.2 Å². The number of hydrogen-bond donors (Lipinski definition) is 1. The molecular formula is C31H33F3N4O3. The van der Waals surface area contributed by atoms with Crippen molar-refractivity contribution in [2.45, 2.75) is 25.4 Å². The van der Waals surface area contributed by atoms with Gasteiger partial charge < -0.3 is 24.8 Å². The average molecular weight is 567 g/mol. The molecule has 0 aromatic heterocycles. The van der Waals surface area contributed by atoms with Crippen LogP contribution in [0.25, 0.3) is 0 Å². The van der Waals surface area contributed by atoms with Crippen molar-refractivity contribution in [3.63, 3.8) is 0 Å². The van der Waals surface area contributed by atoms with Crippen LogP contribution < -0.4 is 19.9 Å². The monoisotopic (exact) mass is 566 g/mol. The Labute approximate surface area is 237 Å². The molecule has 41 heavy (non-hydrogen) atoms. The first kappa shape index (κ1) is 28.3. The lowest BCUT2D eigenvalue weighted by Crippen LogP contribution is -2.47. The molecule has 1 N–H and O–H groups in total. The molecule has 0 saturated carbocycles. The Kier molecular flexibility index (Phi) is 8.37. The van der Waals surface area contributed by atoms with Gasteiger partial charge in [-0.15, -0.1) is 0 Å². The number of methoxy groups -OCH3 is 1. The fourth-order valence-electron chi connectivity index (χ4n) is 5.45. The predicted octanol–water partition coefficient (Wildman–Crippen LogP) is 5.92. The summed E-state index contributed by atoms with van der Waals surface area (Å²) < 4.78 is 45.0. The zero-order valence-electron chi connectivity index (χ0n) is 22.9. The Hall–Kier alpha value is -4.21. The van der Waals surface area contributed by atoms with Crippen LogP contribution >= 0.6 is 0 Å². The minimum absolute atomic E-state index is 0.109. The molecule has 3 aromatic rings. The number of alkyl halides is 3. The van der Waals surface area contributed by atoms with Gasteiger partial charge in [0.15, 0.2) is 0 Å². The third-order valence-electron chi connectivity index (χ3n) is 7.63. The Morgan fingerprint density at radius 3 is 2.15 bits per heavy atom. The highest BCUT2D eigenvalue weighted by Crippen LogP contribution is 2.33. The molecule has 0 bridgehead atoms. The highest BCUT2D eigenvalue weighted by molar-refractivity contribution is 6.06. The normalized spacial score (nSPS) is 16.0. The van der Waals surface area contributed by atoms with Crippen LogP contribution in [0.3, 0.4) is 0 Å². The molecule has 2 aliphatic rings. The second-order valence-electron chi connectivity index (χ2n) is 10.3. The second kappa shape index (κ2) is 12.1. The number of likely N-dealkylation sites (tertiary alicyclic amines) is 1. The van der Waals surface area contributed by atoms with Crippen molar-refractivity contribution in [1.29, 1.82) is 0 Å². The first-order valence-corrected chi connectivity index (χ1v) is 13.8. The van der Waals surface area contributed by atoms with Gasteiger partial charge in [-0.05, 0) is 67.8 Å². The zero-order chi connectivity index (χ0) is 29.0. The molecular weight excluding hydrogens is 533 g/mol. The molecule has 0 spiro atoms. The minimum atomic E-state index is -4.55. The van der Waals surface area contributed by atoms with Crippen molar-refractivity contribution in [2.75, 3.05) is 61.5 Å². The predicted molar refractivity (Wildman–Crippen MR) is 153 cm³/mol. The number of para-hydroxylation sites is 2. The van der Waals surface area contributed by atoms with Crippen molar-refractivity contribution in [3.8, 4) is 5.75 Å². The van der Waals surface area contributed by atoms with E-state index in [-0.39, 0.29) is 11.5 Å². The van der Waals surface area contributed by atoms with Crippen LogP contribution in [0.15, 0.2) is 66.7 Å². The number of rotatable bonds is 6. The molecule has 0 aliphatic carbocycles. The van der Waals surface area contributed by atoms with Gasteiger partial charge in [0.05, 0.1) is 23.9 Å². The summed E-state index contributed by atoms with van der Waals surface area (Å²) in [4.78, 5) is 32.9. The van der Waals surface area contributed by atoms with E-state index in [1.807, 2.05) is 35.2 Å². The Balaban J connectivity index is 1.38. The summed E-state index contributed by atoms with van der Waals surface area (Å²) >= 11 is 0. The van der Waals surface area contributed by atoms with Gasteiger partial charge in [0.25, 0.3) is 11.8 Å². The van der Waals surface area contributed by atoms with Crippen LogP contribution in [0.2, 0.25) is 0 Å². The summed E-state index contributed by atoms with van der Waals surface area (Å²) in [5.41, 5.74) is 1.61. The van der Waals surface area contributed by atoms with Crippen LogP contribution in [0.4, 0.5) is 30.2 Å². The van der Waals surface area contributed by atoms with E-state index in [0.29, 0.717) is 37.4 Å². The van der Waals surface area contributed by atoms with Crippen molar-refractivity contribution in [2.24, 2.45) is 0 Å². The third-order valence-corrected chi connectivity index (χ3v) is 7.63. The number of ether oxygens (including phenoxy) is 1. The number of carbonyl (C=O) groups is 2. The molecule has 0 atom stereocenters. The third kappa shape index (κ3) is 6.42. The fourth-order valence-corrected chi connectivity index (χ4v) is 5.45. The second-order valence-corrected chi connectivity index (χ2v) is 10.3. The number of amides is 2. The molecule has 0 radical (unpaired) electrons. The van der Waals surface area contributed by atoms with Crippen molar-refractivity contribution in [1.82, 2.24) is 4.90 Å². The maximum absolute atomic E-state index is 13.7. The molecule has 2 heterocycles. The number of nitrogens with one attached hydrogen (secondary N) is 1. The van der Waals surface area contributed by atoms with Crippen LogP contribution in [0.5, 0.6) is 5.75 Å². The molecule has 0 unspecified atom stereocenters. The lowest BCUT2D eigenvalue weighted by Gasteiger charge is -2.39. The summed E-state index contributed by atoms with van der Waals surface area (Å²) in [7, 11) is 1.65. The summed E-state index contributed by atoms with van der Waals surface area (Å²) in [6, 6.07) is 17.3. The van der Waals surface area contributed by atoms with E-state index in [9.17, 15) is 22.8 Å². The Morgan fingerprint density at radius 1 is 0.780 bits per heavy atom. The van der Waals surface area contributed by atoms with E-state index < -0.39 is 17.6 Å². The summed E-state index contributed by atoms with van der Waals surface area (Å²) in [5.74, 6) is 0.0236. The maximum atomic E-state index is 13.7. The van der Waals surface area contributed by atoms with Crippen molar-refractivity contribution < 1.29 is 27.5 Å². The molecule has 3 aromatic carbocycles. The van der Waals surface area contributed by atoms with Gasteiger partial charge in [0, 0.05) is 56.2 Å². The first-order valence-electron chi connectivity index (χ1n) is 13.8. The largest absolute Gasteiger partial charge is 0.495 e. The van der Waals surface area contributed by atoms with Gasteiger partial charge in [-0.2, -0.15) is 13.2 Å². The zero-order valence-corrected chi connectivity index (χ0v) is 22.9. The molecule has 2 saturated heterocycles. The first-order chi connectivity index (χ1) is 19.7. The summed E-state index contributed by atoms with van der Waals surface area (Å²) in [5, 5.41) is 2.69. The molecule has 7 nitrogen and oxygen atoms in total. The van der Waals surface area contributed by atoms with Crippen LogP contribution in [0.1, 0.15) is 45.5 Å². The van der Waals surface area contributed by atoms with E-state index in [2.05, 4.69) is 15.1 Å². The molecule has 10 heteroatoms. The van der Waals surface area contributed by atoms with Crippen molar-refractivity contribution >= 4 is 28.9 Å². The van der Waals surface area contributed by atoms with Crippen LogP contribution in [-0.2, 0) is 6.18 Å². The number of carbonyl (C=O) groups excluding carboxylic acids is 2. The van der Waals surface area contributed by atoms with Crippen molar-refractivity contribution in [3.05, 3.63) is 83.4 Å². The number of halogens is 3. The highest BCUT2D eigenvalue weighted by atomic mass is 19.4. The van der Waals surface area contributed by atoms with Gasteiger partial charge in [-0.3, -0.25) is 9.59 Å².